The van der Waals surface area contributed by atoms with Gasteiger partial charge in [-0.2, -0.15) is 6.07 Å². The molecule has 5 nitrogen and oxygen atoms in total. The third-order valence-corrected chi connectivity index (χ3v) is 9.02. The quantitative estimate of drug-likeness (QED) is 0.171. The van der Waals surface area contributed by atoms with Crippen LogP contribution in [0.5, 0.6) is 11.5 Å². The van der Waals surface area contributed by atoms with Gasteiger partial charge in [0.25, 0.3) is 0 Å². The van der Waals surface area contributed by atoms with Crippen LogP contribution >= 0.6 is 0 Å². The minimum Gasteiger partial charge on any atom is -0.515 e. The first-order valence-electron chi connectivity index (χ1n) is 15.9. The normalized spacial score (nSPS) is 18.3. The van der Waals surface area contributed by atoms with Crippen LogP contribution in [-0.2, 0) is 36.6 Å². The molecule has 0 unspecified atom stereocenters. The summed E-state index contributed by atoms with van der Waals surface area (Å²) in [6.45, 7) is 15.5. The topological polar surface area (TPSA) is 48.6 Å². The van der Waals surface area contributed by atoms with Crippen molar-refractivity contribution in [2.75, 3.05) is 0 Å². The molecular formula is C39H41N3O2Pt. The summed E-state index contributed by atoms with van der Waals surface area (Å²) < 4.78 is 15.1. The first kappa shape index (κ1) is 31.5. The number of fused-ring (bicyclic) bond motifs is 4. The molecule has 6 heteroatoms. The van der Waals surface area contributed by atoms with E-state index in [1.54, 1.807) is 0 Å². The van der Waals surface area contributed by atoms with Crippen LogP contribution in [-0.4, -0.2) is 27.6 Å². The Kier molecular flexibility index (Phi) is 8.23. The number of ether oxygens (including phenoxy) is 2. The summed E-state index contributed by atoms with van der Waals surface area (Å²) in [6, 6.07) is 26.6. The van der Waals surface area contributed by atoms with Gasteiger partial charge >= 0.3 is 21.1 Å². The molecule has 234 valence electrons. The van der Waals surface area contributed by atoms with Gasteiger partial charge in [0.15, 0.2) is 0 Å². The van der Waals surface area contributed by atoms with Crippen LogP contribution in [0.15, 0.2) is 65.8 Å². The second-order valence-corrected chi connectivity index (χ2v) is 14.5. The van der Waals surface area contributed by atoms with Crippen molar-refractivity contribution in [1.82, 2.24) is 9.55 Å². The third-order valence-electron chi connectivity index (χ3n) is 9.02. The van der Waals surface area contributed by atoms with E-state index >= 15 is 0 Å². The van der Waals surface area contributed by atoms with Crippen molar-refractivity contribution < 1.29 is 30.5 Å². The number of aryl methyl sites for hydroxylation is 1. The molecule has 0 radical (unpaired) electrons. The van der Waals surface area contributed by atoms with E-state index in [0.717, 1.165) is 46.2 Å². The molecule has 2 atom stereocenters. The van der Waals surface area contributed by atoms with E-state index in [0.29, 0.717) is 17.4 Å². The molecule has 45 heavy (non-hydrogen) atoms. The van der Waals surface area contributed by atoms with Crippen LogP contribution < -0.4 is 4.74 Å². The molecule has 2 aromatic heterocycles. The molecule has 0 saturated heterocycles. The van der Waals surface area contributed by atoms with Gasteiger partial charge in [0, 0.05) is 23.2 Å². The first-order chi connectivity index (χ1) is 20.9. The molecule has 2 aliphatic rings. The summed E-state index contributed by atoms with van der Waals surface area (Å²) in [6.07, 6.45) is 6.66. The Balaban J connectivity index is 0.00000357. The van der Waals surface area contributed by atoms with E-state index < -0.39 is 0 Å². The molecule has 0 spiro atoms. The van der Waals surface area contributed by atoms with Crippen molar-refractivity contribution >= 4 is 27.7 Å². The standard InChI is InChI=1S/C39H41N3O2.Pt/c1-24-12-15-33-31(18-24)30-14-13-28(23-34(30)42(33)36-22-26(16-17-40-36)38(2,3)4)43-29-20-25(19-27(21-29)39(5,6)7)37-41-32-10-8-9-11-35(32)44-37;/h12-19,21-22,32,35H,8-11H2,1-7H3;/q-2;+2/t32-,35-;/m0./s1. The molecule has 1 fully saturated rings. The fraction of sp³-hybridized carbons (Fsp3) is 0.385. The van der Waals surface area contributed by atoms with Crippen LogP contribution in [0.25, 0.3) is 27.6 Å². The zero-order valence-corrected chi connectivity index (χ0v) is 29.5. The predicted molar refractivity (Wildman–Crippen MR) is 179 cm³/mol. The Morgan fingerprint density at radius 1 is 0.822 bits per heavy atom. The molecule has 1 aliphatic carbocycles. The number of hydrogen-bond donors (Lipinski definition) is 0. The Morgan fingerprint density at radius 2 is 1.60 bits per heavy atom. The van der Waals surface area contributed by atoms with Gasteiger partial charge in [0.2, 0.25) is 0 Å². The Bertz CT molecular complexity index is 1930. The van der Waals surface area contributed by atoms with E-state index in [9.17, 15) is 0 Å². The van der Waals surface area contributed by atoms with Gasteiger partial charge < -0.3 is 14.0 Å². The fourth-order valence-corrected chi connectivity index (χ4v) is 6.43. The van der Waals surface area contributed by atoms with Crippen molar-refractivity contribution in [3.8, 4) is 17.3 Å². The van der Waals surface area contributed by atoms with Gasteiger partial charge in [-0.05, 0) is 66.2 Å². The average Bonchev–Trinajstić information content (AvgIpc) is 3.55. The van der Waals surface area contributed by atoms with Gasteiger partial charge in [-0.3, -0.25) is 4.99 Å². The van der Waals surface area contributed by atoms with Crippen molar-refractivity contribution in [3.05, 3.63) is 95.2 Å². The summed E-state index contributed by atoms with van der Waals surface area (Å²) in [5.41, 5.74) is 6.39. The monoisotopic (exact) mass is 778 g/mol. The van der Waals surface area contributed by atoms with Gasteiger partial charge in [0.1, 0.15) is 17.8 Å². The van der Waals surface area contributed by atoms with E-state index in [1.807, 2.05) is 12.3 Å². The second-order valence-electron chi connectivity index (χ2n) is 14.5. The van der Waals surface area contributed by atoms with Gasteiger partial charge in [0.05, 0.1) is 6.04 Å². The molecular weight excluding hydrogens is 738 g/mol. The zero-order chi connectivity index (χ0) is 30.8. The molecule has 0 N–H and O–H groups in total. The molecule has 0 amide bonds. The minimum absolute atomic E-state index is 0. The maximum atomic E-state index is 6.57. The van der Waals surface area contributed by atoms with Gasteiger partial charge in [-0.1, -0.05) is 88.9 Å². The Hall–Kier alpha value is -3.43. The molecule has 3 heterocycles. The van der Waals surface area contributed by atoms with Crippen LogP contribution in [0.2, 0.25) is 0 Å². The third kappa shape index (κ3) is 6.09. The summed E-state index contributed by atoms with van der Waals surface area (Å²) in [5.74, 6) is 2.82. The molecule has 1 aliphatic heterocycles. The Labute approximate surface area is 281 Å². The van der Waals surface area contributed by atoms with E-state index in [1.165, 1.54) is 29.4 Å². The summed E-state index contributed by atoms with van der Waals surface area (Å²) in [5, 5.41) is 2.29. The number of aromatic nitrogens is 2. The first-order valence-corrected chi connectivity index (χ1v) is 15.9. The minimum atomic E-state index is -0.0877. The number of nitrogens with zero attached hydrogens (tertiary/aromatic N) is 3. The van der Waals surface area contributed by atoms with Gasteiger partial charge in [-0.25, -0.2) is 4.98 Å². The average molecular weight is 779 g/mol. The molecule has 1 saturated carbocycles. The van der Waals surface area contributed by atoms with Crippen LogP contribution in [0.4, 0.5) is 0 Å². The summed E-state index contributed by atoms with van der Waals surface area (Å²) >= 11 is 0. The zero-order valence-electron chi connectivity index (χ0n) is 27.2. The molecule has 5 aromatic rings. The van der Waals surface area contributed by atoms with Crippen molar-refractivity contribution in [2.24, 2.45) is 4.99 Å². The number of rotatable bonds is 4. The number of hydrogen-bond acceptors (Lipinski definition) is 4. The number of benzene rings is 3. The van der Waals surface area contributed by atoms with Crippen LogP contribution in [0.3, 0.4) is 0 Å². The summed E-state index contributed by atoms with van der Waals surface area (Å²) in [4.78, 5) is 9.81. The van der Waals surface area contributed by atoms with Crippen LogP contribution in [0, 0.1) is 19.1 Å². The van der Waals surface area contributed by atoms with E-state index in [4.69, 9.17) is 19.5 Å². The van der Waals surface area contributed by atoms with Crippen LogP contribution in [0.1, 0.15) is 89.5 Å². The fourth-order valence-electron chi connectivity index (χ4n) is 6.43. The van der Waals surface area contributed by atoms with Crippen molar-refractivity contribution in [2.45, 2.75) is 97.1 Å². The van der Waals surface area contributed by atoms with Gasteiger partial charge in [-0.15, -0.1) is 29.1 Å². The smallest absolute Gasteiger partial charge is 0.515 e. The molecule has 3 aromatic carbocycles. The number of pyridine rings is 1. The molecule has 7 rings (SSSR count). The maximum absolute atomic E-state index is 6.57. The Morgan fingerprint density at radius 3 is 2.36 bits per heavy atom. The molecule has 0 bridgehead atoms. The second kappa shape index (κ2) is 11.7. The van der Waals surface area contributed by atoms with E-state index in [-0.39, 0.29) is 44.0 Å². The van der Waals surface area contributed by atoms with Crippen molar-refractivity contribution in [1.29, 1.82) is 0 Å². The number of aliphatic imine (C=N–C) groups is 1. The maximum Gasteiger partial charge on any atom is 2.00 e. The SMILES string of the molecule is Cc1ccc2c(c1)c1ccc(Oc3[c-]c(C4=N[C@H]5CCCC[C@@H]5O4)cc(C(C)(C)C)c3)[c-]c1n2-c1cc(C(C)(C)C)ccn1.[Pt+2]. The summed E-state index contributed by atoms with van der Waals surface area (Å²) in [7, 11) is 0. The predicted octanol–water partition coefficient (Wildman–Crippen LogP) is 9.56. The largest absolute Gasteiger partial charge is 2.00 e. The van der Waals surface area contributed by atoms with E-state index in [2.05, 4.69) is 114 Å². The van der Waals surface area contributed by atoms with Crippen molar-refractivity contribution in [3.63, 3.8) is 0 Å².